The van der Waals surface area contributed by atoms with E-state index in [9.17, 15) is 4.79 Å². The van der Waals surface area contributed by atoms with E-state index in [-0.39, 0.29) is 24.6 Å². The number of anilines is 2. The van der Waals surface area contributed by atoms with Gasteiger partial charge in [-0.2, -0.15) is 0 Å². The summed E-state index contributed by atoms with van der Waals surface area (Å²) in [7, 11) is 0. The minimum atomic E-state index is -0.0260. The number of para-hydroxylation sites is 3. The molecule has 0 fully saturated rings. The second kappa shape index (κ2) is 8.17. The number of amides is 1. The maximum Gasteiger partial charge on any atom is 0.265 e. The molecule has 1 amide bonds. The summed E-state index contributed by atoms with van der Waals surface area (Å²) >= 11 is 0. The third-order valence-electron chi connectivity index (χ3n) is 5.08. The molecular weight excluding hydrogens is 348 g/mol. The van der Waals surface area contributed by atoms with Gasteiger partial charge in [0.15, 0.2) is 6.61 Å². The maximum absolute atomic E-state index is 13.0. The van der Waals surface area contributed by atoms with Gasteiger partial charge in [0.05, 0.1) is 6.04 Å². The first kappa shape index (κ1) is 18.1. The van der Waals surface area contributed by atoms with Gasteiger partial charge in [-0.3, -0.25) is 4.79 Å². The molecule has 1 N–H and O–H groups in total. The monoisotopic (exact) mass is 372 g/mol. The number of fused-ring (bicyclic) bond motifs is 1. The van der Waals surface area contributed by atoms with Crippen LogP contribution in [-0.2, 0) is 4.79 Å². The minimum Gasteiger partial charge on any atom is -0.484 e. The van der Waals surface area contributed by atoms with Gasteiger partial charge in [-0.25, -0.2) is 0 Å². The largest absolute Gasteiger partial charge is 0.484 e. The molecule has 0 spiro atoms. The van der Waals surface area contributed by atoms with Crippen LogP contribution < -0.4 is 15.0 Å². The Balaban J connectivity index is 1.54. The van der Waals surface area contributed by atoms with E-state index >= 15 is 0 Å². The Kier molecular flexibility index (Phi) is 5.29. The number of hydrogen-bond donors (Lipinski definition) is 1. The van der Waals surface area contributed by atoms with Crippen LogP contribution in [0.4, 0.5) is 11.4 Å². The number of nitrogens with zero attached hydrogens (tertiary/aromatic N) is 1. The lowest BCUT2D eigenvalue weighted by Crippen LogP contribution is -2.46. The Labute approximate surface area is 165 Å². The lowest BCUT2D eigenvalue weighted by molar-refractivity contribution is -0.121. The number of ether oxygens (including phenoxy) is 1. The van der Waals surface area contributed by atoms with Gasteiger partial charge in [0.25, 0.3) is 5.91 Å². The van der Waals surface area contributed by atoms with Crippen molar-refractivity contribution in [2.24, 2.45) is 0 Å². The number of carbonyl (C=O) groups excluding carboxylic acids is 1. The molecule has 1 aliphatic heterocycles. The fourth-order valence-corrected chi connectivity index (χ4v) is 3.80. The molecule has 1 aliphatic rings. The topological polar surface area (TPSA) is 41.6 Å². The van der Waals surface area contributed by atoms with Crippen molar-refractivity contribution in [3.63, 3.8) is 0 Å². The van der Waals surface area contributed by atoms with Gasteiger partial charge in [0, 0.05) is 17.4 Å². The maximum atomic E-state index is 13.0. The van der Waals surface area contributed by atoms with E-state index in [1.54, 1.807) is 0 Å². The summed E-state index contributed by atoms with van der Waals surface area (Å²) in [6.45, 7) is 2.12. The highest BCUT2D eigenvalue weighted by atomic mass is 16.5. The highest BCUT2D eigenvalue weighted by Gasteiger charge is 2.33. The summed E-state index contributed by atoms with van der Waals surface area (Å²) in [4.78, 5) is 14.9. The second-order valence-electron chi connectivity index (χ2n) is 7.07. The van der Waals surface area contributed by atoms with Crippen LogP contribution in [0.15, 0.2) is 84.9 Å². The van der Waals surface area contributed by atoms with Gasteiger partial charge in [0.1, 0.15) is 5.75 Å². The molecule has 2 unspecified atom stereocenters. The summed E-state index contributed by atoms with van der Waals surface area (Å²) in [5, 5.41) is 3.62. The molecule has 1 heterocycles. The van der Waals surface area contributed by atoms with Crippen LogP contribution in [0.25, 0.3) is 0 Å². The molecule has 4 rings (SSSR count). The summed E-state index contributed by atoms with van der Waals surface area (Å²) in [6, 6.07) is 28.0. The summed E-state index contributed by atoms with van der Waals surface area (Å²) < 4.78 is 5.70. The van der Waals surface area contributed by atoms with Crippen LogP contribution >= 0.6 is 0 Å². The quantitative estimate of drug-likeness (QED) is 0.682. The van der Waals surface area contributed by atoms with Crippen LogP contribution in [0.1, 0.15) is 24.9 Å². The Hall–Kier alpha value is -3.27. The highest BCUT2D eigenvalue weighted by molar-refractivity contribution is 5.96. The smallest absolute Gasteiger partial charge is 0.265 e. The van der Waals surface area contributed by atoms with Crippen LogP contribution in [0.3, 0.4) is 0 Å². The van der Waals surface area contributed by atoms with E-state index < -0.39 is 0 Å². The third kappa shape index (κ3) is 3.86. The zero-order valence-corrected chi connectivity index (χ0v) is 15.9. The van der Waals surface area contributed by atoms with E-state index in [1.165, 1.54) is 0 Å². The van der Waals surface area contributed by atoms with Gasteiger partial charge in [-0.05, 0) is 49.2 Å². The van der Waals surface area contributed by atoms with E-state index in [1.807, 2.05) is 71.6 Å². The average molecular weight is 372 g/mol. The number of nitrogens with one attached hydrogen (secondary N) is 1. The van der Waals surface area contributed by atoms with Gasteiger partial charge in [0.2, 0.25) is 0 Å². The van der Waals surface area contributed by atoms with Crippen molar-refractivity contribution in [1.29, 1.82) is 0 Å². The van der Waals surface area contributed by atoms with Gasteiger partial charge in [-0.15, -0.1) is 0 Å². The van der Waals surface area contributed by atoms with E-state index in [0.717, 1.165) is 23.4 Å². The van der Waals surface area contributed by atoms with Crippen LogP contribution in [0.2, 0.25) is 0 Å². The fraction of sp³-hybridized carbons (Fsp3) is 0.208. The molecule has 2 atom stereocenters. The van der Waals surface area contributed by atoms with Crippen molar-refractivity contribution < 1.29 is 9.53 Å². The molecule has 4 nitrogen and oxygen atoms in total. The van der Waals surface area contributed by atoms with Crippen molar-refractivity contribution in [3.05, 3.63) is 90.5 Å². The van der Waals surface area contributed by atoms with Crippen molar-refractivity contribution in [2.45, 2.75) is 25.4 Å². The standard InChI is InChI=1S/C24H24N2O2/c1-18-16-22(25-19-10-4-2-5-11-19)21-14-8-9-15-23(21)26(18)24(27)17-28-20-12-6-3-7-13-20/h2-15,18,22,25H,16-17H2,1H3. The minimum absolute atomic E-state index is 0.0260. The zero-order chi connectivity index (χ0) is 19.3. The molecule has 4 heteroatoms. The van der Waals surface area contributed by atoms with E-state index in [2.05, 4.69) is 30.4 Å². The predicted molar refractivity (Wildman–Crippen MR) is 113 cm³/mol. The molecule has 0 aromatic heterocycles. The number of rotatable bonds is 5. The molecule has 3 aromatic rings. The first-order chi connectivity index (χ1) is 13.7. The molecule has 0 saturated carbocycles. The van der Waals surface area contributed by atoms with E-state index in [0.29, 0.717) is 5.75 Å². The molecular formula is C24H24N2O2. The normalized spacial score (nSPS) is 18.2. The van der Waals surface area contributed by atoms with Crippen LogP contribution in [0.5, 0.6) is 5.75 Å². The highest BCUT2D eigenvalue weighted by Crippen LogP contribution is 2.38. The number of carbonyl (C=O) groups is 1. The predicted octanol–water partition coefficient (Wildman–Crippen LogP) is 5.04. The molecule has 0 bridgehead atoms. The lowest BCUT2D eigenvalue weighted by atomic mass is 9.91. The Morgan fingerprint density at radius 3 is 2.36 bits per heavy atom. The van der Waals surface area contributed by atoms with Gasteiger partial charge >= 0.3 is 0 Å². The van der Waals surface area contributed by atoms with Crippen LogP contribution in [-0.4, -0.2) is 18.6 Å². The van der Waals surface area contributed by atoms with Crippen molar-refractivity contribution >= 4 is 17.3 Å². The Morgan fingerprint density at radius 2 is 1.61 bits per heavy atom. The third-order valence-corrected chi connectivity index (χ3v) is 5.08. The van der Waals surface area contributed by atoms with Crippen LogP contribution in [0, 0.1) is 0 Å². The first-order valence-electron chi connectivity index (χ1n) is 9.63. The van der Waals surface area contributed by atoms with Crippen molar-refractivity contribution in [2.75, 3.05) is 16.8 Å². The molecule has 0 aliphatic carbocycles. The number of benzene rings is 3. The molecule has 3 aromatic carbocycles. The number of hydrogen-bond acceptors (Lipinski definition) is 3. The Bertz CT molecular complexity index is 928. The molecule has 28 heavy (non-hydrogen) atoms. The van der Waals surface area contributed by atoms with Gasteiger partial charge < -0.3 is 15.0 Å². The second-order valence-corrected chi connectivity index (χ2v) is 7.07. The zero-order valence-electron chi connectivity index (χ0n) is 15.9. The molecule has 0 saturated heterocycles. The van der Waals surface area contributed by atoms with E-state index in [4.69, 9.17) is 4.74 Å². The fourth-order valence-electron chi connectivity index (χ4n) is 3.80. The average Bonchev–Trinajstić information content (AvgIpc) is 2.74. The first-order valence-corrected chi connectivity index (χ1v) is 9.63. The summed E-state index contributed by atoms with van der Waals surface area (Å²) in [5.74, 6) is 0.680. The lowest BCUT2D eigenvalue weighted by Gasteiger charge is -2.40. The molecule has 142 valence electrons. The molecule has 0 radical (unpaired) electrons. The summed E-state index contributed by atoms with van der Waals surface area (Å²) in [5.41, 5.74) is 3.18. The van der Waals surface area contributed by atoms with Crippen molar-refractivity contribution in [1.82, 2.24) is 0 Å². The van der Waals surface area contributed by atoms with Gasteiger partial charge in [-0.1, -0.05) is 54.6 Å². The summed E-state index contributed by atoms with van der Waals surface area (Å²) in [6.07, 6.45) is 0.836. The Morgan fingerprint density at radius 1 is 0.964 bits per heavy atom. The van der Waals surface area contributed by atoms with Crippen molar-refractivity contribution in [3.8, 4) is 5.75 Å². The SMILES string of the molecule is CC1CC(Nc2ccccc2)c2ccccc2N1C(=O)COc1ccccc1.